The second-order valence-electron chi connectivity index (χ2n) is 8.75. The lowest BCUT2D eigenvalue weighted by Gasteiger charge is -2.15. The van der Waals surface area contributed by atoms with Crippen LogP contribution in [0.2, 0.25) is 0 Å². The average Bonchev–Trinajstić information content (AvgIpc) is 3.12. The van der Waals surface area contributed by atoms with Crippen molar-refractivity contribution in [2.45, 2.75) is 26.9 Å². The highest BCUT2D eigenvalue weighted by atomic mass is 35.5. The molecule has 0 atom stereocenters. The summed E-state index contributed by atoms with van der Waals surface area (Å²) in [4.78, 5) is 51.6. The maximum absolute atomic E-state index is 13.0. The summed E-state index contributed by atoms with van der Waals surface area (Å²) >= 11 is 6.22. The number of anilines is 3. The van der Waals surface area contributed by atoms with Crippen LogP contribution in [0.15, 0.2) is 83.5 Å². The lowest BCUT2D eigenvalue weighted by atomic mass is 10.1. The van der Waals surface area contributed by atoms with Gasteiger partial charge in [-0.3, -0.25) is 14.4 Å². The van der Waals surface area contributed by atoms with Crippen LogP contribution in [-0.4, -0.2) is 36.4 Å². The molecule has 200 valence electrons. The number of imide groups is 1. The first-order valence-electron chi connectivity index (χ1n) is 12.2. The standard InChI is InChI=1S/C29H26ClN3O6/c1-4-38-23-14-12-22(13-15-23)33-27(35)24(30)25(28(33)36)31-20-10-8-18(9-11-20)26(34)32-21-7-5-6-19(16-21)29(37)39-17(2)3/h5-17,31H,4H2,1-3H3,(H,32,34). The van der Waals surface area contributed by atoms with Crippen molar-refractivity contribution in [3.63, 3.8) is 0 Å². The number of rotatable bonds is 9. The molecule has 0 bridgehead atoms. The summed E-state index contributed by atoms with van der Waals surface area (Å²) in [6, 6.07) is 19.2. The maximum atomic E-state index is 13.0. The summed E-state index contributed by atoms with van der Waals surface area (Å²) in [5.41, 5.74) is 1.83. The normalized spacial score (nSPS) is 13.1. The van der Waals surface area contributed by atoms with Crippen LogP contribution in [0.5, 0.6) is 5.75 Å². The van der Waals surface area contributed by atoms with E-state index in [0.717, 1.165) is 4.90 Å². The largest absolute Gasteiger partial charge is 0.494 e. The van der Waals surface area contributed by atoms with E-state index in [1.165, 1.54) is 6.07 Å². The van der Waals surface area contributed by atoms with Crippen LogP contribution in [-0.2, 0) is 14.3 Å². The van der Waals surface area contributed by atoms with E-state index in [2.05, 4.69) is 10.6 Å². The van der Waals surface area contributed by atoms with Gasteiger partial charge >= 0.3 is 5.97 Å². The number of amides is 3. The van der Waals surface area contributed by atoms with E-state index in [4.69, 9.17) is 21.1 Å². The predicted octanol–water partition coefficient (Wildman–Crippen LogP) is 5.34. The number of carbonyl (C=O) groups excluding carboxylic acids is 4. The molecule has 0 radical (unpaired) electrons. The van der Waals surface area contributed by atoms with Crippen molar-refractivity contribution in [3.05, 3.63) is 94.7 Å². The van der Waals surface area contributed by atoms with Crippen molar-refractivity contribution in [2.24, 2.45) is 0 Å². The summed E-state index contributed by atoms with van der Waals surface area (Å²) < 4.78 is 10.6. The van der Waals surface area contributed by atoms with Gasteiger partial charge in [0.1, 0.15) is 16.5 Å². The molecule has 0 aliphatic carbocycles. The second kappa shape index (κ2) is 11.8. The SMILES string of the molecule is CCOc1ccc(N2C(=O)C(Cl)=C(Nc3ccc(C(=O)Nc4cccc(C(=O)OC(C)C)c4)cc3)C2=O)cc1. The Morgan fingerprint density at radius 3 is 2.23 bits per heavy atom. The Kier molecular flexibility index (Phi) is 8.31. The molecule has 0 saturated carbocycles. The number of hydrogen-bond donors (Lipinski definition) is 2. The molecule has 3 aromatic rings. The number of benzene rings is 3. The highest BCUT2D eigenvalue weighted by Crippen LogP contribution is 2.31. The zero-order valence-electron chi connectivity index (χ0n) is 21.5. The fourth-order valence-corrected chi connectivity index (χ4v) is 3.98. The molecule has 0 unspecified atom stereocenters. The van der Waals surface area contributed by atoms with Gasteiger partial charge in [-0.25, -0.2) is 9.69 Å². The zero-order valence-corrected chi connectivity index (χ0v) is 22.2. The van der Waals surface area contributed by atoms with Gasteiger partial charge in [-0.2, -0.15) is 0 Å². The molecule has 0 spiro atoms. The number of hydrogen-bond acceptors (Lipinski definition) is 7. The van der Waals surface area contributed by atoms with Gasteiger partial charge < -0.3 is 20.1 Å². The van der Waals surface area contributed by atoms with Crippen molar-refractivity contribution in [1.82, 2.24) is 0 Å². The fraction of sp³-hybridized carbons (Fsp3) is 0.172. The molecule has 4 rings (SSSR count). The number of nitrogens with one attached hydrogen (secondary N) is 2. The van der Waals surface area contributed by atoms with Gasteiger partial charge in [0, 0.05) is 16.9 Å². The topological polar surface area (TPSA) is 114 Å². The Balaban J connectivity index is 1.42. The molecule has 1 aliphatic rings. The highest BCUT2D eigenvalue weighted by molar-refractivity contribution is 6.53. The third kappa shape index (κ3) is 6.27. The minimum absolute atomic E-state index is 0.0714. The van der Waals surface area contributed by atoms with Gasteiger partial charge in [0.25, 0.3) is 17.7 Å². The summed E-state index contributed by atoms with van der Waals surface area (Å²) in [5, 5.41) is 5.38. The first kappa shape index (κ1) is 27.4. The van der Waals surface area contributed by atoms with E-state index < -0.39 is 23.7 Å². The van der Waals surface area contributed by atoms with Crippen LogP contribution < -0.4 is 20.3 Å². The van der Waals surface area contributed by atoms with E-state index in [-0.39, 0.29) is 16.8 Å². The molecule has 2 N–H and O–H groups in total. The second-order valence-corrected chi connectivity index (χ2v) is 9.13. The van der Waals surface area contributed by atoms with E-state index in [9.17, 15) is 19.2 Å². The molecule has 3 amide bonds. The molecular weight excluding hydrogens is 522 g/mol. The Bertz CT molecular complexity index is 1450. The van der Waals surface area contributed by atoms with Gasteiger partial charge in [-0.1, -0.05) is 17.7 Å². The van der Waals surface area contributed by atoms with Crippen LogP contribution in [0, 0.1) is 0 Å². The quantitative estimate of drug-likeness (QED) is 0.274. The molecule has 9 nitrogen and oxygen atoms in total. The van der Waals surface area contributed by atoms with Crippen LogP contribution in [0.4, 0.5) is 17.1 Å². The first-order chi connectivity index (χ1) is 18.7. The fourth-order valence-electron chi connectivity index (χ4n) is 3.76. The van der Waals surface area contributed by atoms with Crippen molar-refractivity contribution < 1.29 is 28.7 Å². The third-order valence-electron chi connectivity index (χ3n) is 5.55. The maximum Gasteiger partial charge on any atom is 0.338 e. The Morgan fingerprint density at radius 2 is 1.59 bits per heavy atom. The van der Waals surface area contributed by atoms with Crippen LogP contribution >= 0.6 is 11.6 Å². The van der Waals surface area contributed by atoms with Crippen LogP contribution in [0.3, 0.4) is 0 Å². The van der Waals surface area contributed by atoms with Crippen molar-refractivity contribution in [2.75, 3.05) is 22.1 Å². The molecule has 10 heteroatoms. The van der Waals surface area contributed by atoms with Crippen molar-refractivity contribution in [3.8, 4) is 5.75 Å². The summed E-state index contributed by atoms with van der Waals surface area (Å²) in [6.07, 6.45) is -0.263. The Hall–Kier alpha value is -4.63. The van der Waals surface area contributed by atoms with Crippen molar-refractivity contribution >= 4 is 52.4 Å². The smallest absolute Gasteiger partial charge is 0.338 e. The van der Waals surface area contributed by atoms with E-state index in [0.29, 0.717) is 40.5 Å². The molecule has 1 aliphatic heterocycles. The molecule has 0 saturated heterocycles. The van der Waals surface area contributed by atoms with E-state index in [1.807, 2.05) is 6.92 Å². The van der Waals surface area contributed by atoms with Crippen molar-refractivity contribution in [1.29, 1.82) is 0 Å². The minimum atomic E-state index is -0.649. The molecule has 3 aromatic carbocycles. The van der Waals surface area contributed by atoms with Crippen LogP contribution in [0.25, 0.3) is 0 Å². The Morgan fingerprint density at radius 1 is 0.897 bits per heavy atom. The zero-order chi connectivity index (χ0) is 28.1. The predicted molar refractivity (Wildman–Crippen MR) is 148 cm³/mol. The lowest BCUT2D eigenvalue weighted by Crippen LogP contribution is -2.32. The lowest BCUT2D eigenvalue weighted by molar-refractivity contribution is -0.120. The summed E-state index contributed by atoms with van der Waals surface area (Å²) in [7, 11) is 0. The van der Waals surface area contributed by atoms with Crippen LogP contribution in [0.1, 0.15) is 41.5 Å². The first-order valence-corrected chi connectivity index (χ1v) is 12.6. The number of nitrogens with zero attached hydrogens (tertiary/aromatic N) is 1. The molecule has 1 heterocycles. The minimum Gasteiger partial charge on any atom is -0.494 e. The van der Waals surface area contributed by atoms with Gasteiger partial charge in [0.05, 0.1) is 24.0 Å². The van der Waals surface area contributed by atoms with Gasteiger partial charge in [0.2, 0.25) is 0 Å². The summed E-state index contributed by atoms with van der Waals surface area (Å²) in [5.74, 6) is -1.52. The van der Waals surface area contributed by atoms with E-state index in [1.54, 1.807) is 80.6 Å². The number of esters is 1. The molecule has 0 fully saturated rings. The Labute approximate surface area is 230 Å². The average molecular weight is 548 g/mol. The number of halogens is 1. The molecule has 0 aromatic heterocycles. The van der Waals surface area contributed by atoms with Gasteiger partial charge in [-0.15, -0.1) is 0 Å². The van der Waals surface area contributed by atoms with Gasteiger partial charge in [-0.05, 0) is 87.5 Å². The molecule has 39 heavy (non-hydrogen) atoms. The third-order valence-corrected chi connectivity index (χ3v) is 5.90. The molecular formula is C29H26ClN3O6. The summed E-state index contributed by atoms with van der Waals surface area (Å²) in [6.45, 7) is 5.86. The number of carbonyl (C=O) groups is 4. The number of ether oxygens (including phenoxy) is 2. The van der Waals surface area contributed by atoms with Gasteiger partial charge in [0.15, 0.2) is 0 Å². The monoisotopic (exact) mass is 547 g/mol. The highest BCUT2D eigenvalue weighted by Gasteiger charge is 2.39. The van der Waals surface area contributed by atoms with E-state index >= 15 is 0 Å².